The summed E-state index contributed by atoms with van der Waals surface area (Å²) in [5.74, 6) is 1.21. The van der Waals surface area contributed by atoms with Gasteiger partial charge in [-0.3, -0.25) is 9.69 Å². The second kappa shape index (κ2) is 8.06. The highest BCUT2D eigenvalue weighted by atomic mass is 16.5. The number of rotatable bonds is 7. The van der Waals surface area contributed by atoms with E-state index in [1.165, 1.54) is 0 Å². The fraction of sp³-hybridized carbons (Fsp3) is 0.500. The lowest BCUT2D eigenvalue weighted by atomic mass is 10.1. The van der Waals surface area contributed by atoms with Crippen molar-refractivity contribution in [2.45, 2.75) is 39.7 Å². The Labute approximate surface area is 143 Å². The first-order valence-corrected chi connectivity index (χ1v) is 8.29. The molecule has 1 aromatic carbocycles. The predicted octanol–water partition coefficient (Wildman–Crippen LogP) is 2.52. The largest absolute Gasteiger partial charge is 0.350 e. The molecule has 0 aliphatic carbocycles. The van der Waals surface area contributed by atoms with Gasteiger partial charge in [0.15, 0.2) is 0 Å². The zero-order valence-corrected chi connectivity index (χ0v) is 14.9. The van der Waals surface area contributed by atoms with Crippen LogP contribution in [0.3, 0.4) is 0 Å². The SMILES string of the molecule is CCN(CCc1nc(-c2ccccc2)no1)CC(=O)NC(C)(C)C. The van der Waals surface area contributed by atoms with Gasteiger partial charge < -0.3 is 9.84 Å². The Morgan fingerprint density at radius 3 is 2.58 bits per heavy atom. The van der Waals surface area contributed by atoms with Crippen LogP contribution in [0.4, 0.5) is 0 Å². The molecule has 24 heavy (non-hydrogen) atoms. The fourth-order valence-electron chi connectivity index (χ4n) is 2.32. The number of carbonyl (C=O) groups is 1. The Kier molecular flexibility index (Phi) is 6.09. The van der Waals surface area contributed by atoms with Crippen molar-refractivity contribution in [2.24, 2.45) is 0 Å². The van der Waals surface area contributed by atoms with Crippen LogP contribution in [0.2, 0.25) is 0 Å². The second-order valence-corrected chi connectivity index (χ2v) is 6.79. The summed E-state index contributed by atoms with van der Waals surface area (Å²) in [6, 6.07) is 9.73. The van der Waals surface area contributed by atoms with Crippen molar-refractivity contribution < 1.29 is 9.32 Å². The summed E-state index contributed by atoms with van der Waals surface area (Å²) >= 11 is 0. The first-order valence-electron chi connectivity index (χ1n) is 8.29. The van der Waals surface area contributed by atoms with E-state index in [0.29, 0.717) is 31.2 Å². The van der Waals surface area contributed by atoms with Crippen molar-refractivity contribution in [3.8, 4) is 11.4 Å². The van der Waals surface area contributed by atoms with E-state index in [2.05, 4.69) is 20.4 Å². The lowest BCUT2D eigenvalue weighted by molar-refractivity contribution is -0.123. The second-order valence-electron chi connectivity index (χ2n) is 6.79. The molecule has 0 aliphatic rings. The zero-order valence-electron chi connectivity index (χ0n) is 14.9. The van der Waals surface area contributed by atoms with Crippen molar-refractivity contribution in [3.63, 3.8) is 0 Å². The smallest absolute Gasteiger partial charge is 0.234 e. The monoisotopic (exact) mass is 330 g/mol. The number of nitrogens with one attached hydrogen (secondary N) is 1. The molecule has 1 heterocycles. The Bertz CT molecular complexity index is 647. The van der Waals surface area contributed by atoms with Crippen molar-refractivity contribution in [3.05, 3.63) is 36.2 Å². The summed E-state index contributed by atoms with van der Waals surface area (Å²) in [4.78, 5) is 18.5. The minimum atomic E-state index is -0.215. The van der Waals surface area contributed by atoms with Gasteiger partial charge in [-0.2, -0.15) is 4.98 Å². The van der Waals surface area contributed by atoms with Crippen LogP contribution in [-0.2, 0) is 11.2 Å². The molecule has 0 bridgehead atoms. The quantitative estimate of drug-likeness (QED) is 0.844. The number of benzene rings is 1. The summed E-state index contributed by atoms with van der Waals surface area (Å²) in [5, 5.41) is 6.99. The molecule has 0 spiro atoms. The number of likely N-dealkylation sites (N-methyl/N-ethyl adjacent to an activating group) is 1. The Hall–Kier alpha value is -2.21. The molecule has 1 aromatic heterocycles. The average molecular weight is 330 g/mol. The zero-order chi connectivity index (χ0) is 17.6. The molecule has 0 unspecified atom stereocenters. The molecular formula is C18H26N4O2. The van der Waals surface area contributed by atoms with Crippen LogP contribution >= 0.6 is 0 Å². The number of hydrogen-bond donors (Lipinski definition) is 1. The summed E-state index contributed by atoms with van der Waals surface area (Å²) in [5.41, 5.74) is 0.720. The minimum Gasteiger partial charge on any atom is -0.350 e. The first-order chi connectivity index (χ1) is 11.4. The number of aromatic nitrogens is 2. The molecule has 0 saturated heterocycles. The molecule has 1 N–H and O–H groups in total. The standard InChI is InChI=1S/C18H26N4O2/c1-5-22(13-15(23)20-18(2,3)4)12-11-16-19-17(21-24-16)14-9-7-6-8-10-14/h6-10H,5,11-13H2,1-4H3,(H,20,23). The van der Waals surface area contributed by atoms with Gasteiger partial charge in [-0.05, 0) is 27.3 Å². The number of hydrogen-bond acceptors (Lipinski definition) is 5. The van der Waals surface area contributed by atoms with E-state index in [0.717, 1.165) is 12.1 Å². The maximum absolute atomic E-state index is 12.0. The molecule has 6 nitrogen and oxygen atoms in total. The molecular weight excluding hydrogens is 304 g/mol. The van der Waals surface area contributed by atoms with Crippen molar-refractivity contribution in [1.82, 2.24) is 20.4 Å². The third kappa shape index (κ3) is 5.77. The topological polar surface area (TPSA) is 71.3 Å². The van der Waals surface area contributed by atoms with Gasteiger partial charge in [0, 0.05) is 24.1 Å². The minimum absolute atomic E-state index is 0.0276. The van der Waals surface area contributed by atoms with Crippen molar-refractivity contribution in [1.29, 1.82) is 0 Å². The lowest BCUT2D eigenvalue weighted by Gasteiger charge is -2.24. The van der Waals surface area contributed by atoms with Gasteiger partial charge in [-0.1, -0.05) is 42.4 Å². The lowest BCUT2D eigenvalue weighted by Crippen LogP contribution is -2.46. The van der Waals surface area contributed by atoms with Gasteiger partial charge in [-0.25, -0.2) is 0 Å². The van der Waals surface area contributed by atoms with E-state index >= 15 is 0 Å². The highest BCUT2D eigenvalue weighted by Gasteiger charge is 2.17. The molecule has 1 amide bonds. The van der Waals surface area contributed by atoms with Gasteiger partial charge in [0.05, 0.1) is 6.54 Å². The molecule has 130 valence electrons. The van der Waals surface area contributed by atoms with Crippen LogP contribution in [0.1, 0.15) is 33.6 Å². The number of carbonyl (C=O) groups excluding carboxylic acids is 1. The summed E-state index contributed by atoms with van der Waals surface area (Å²) in [6.07, 6.45) is 0.621. The Morgan fingerprint density at radius 2 is 1.96 bits per heavy atom. The first kappa shape index (κ1) is 18.1. The third-order valence-corrected chi connectivity index (χ3v) is 3.47. The molecule has 0 aliphatic heterocycles. The normalized spacial score (nSPS) is 11.7. The van der Waals surface area contributed by atoms with E-state index in [9.17, 15) is 4.79 Å². The summed E-state index contributed by atoms with van der Waals surface area (Å²) in [7, 11) is 0. The average Bonchev–Trinajstić information content (AvgIpc) is 2.99. The molecule has 0 fully saturated rings. The number of amides is 1. The fourth-order valence-corrected chi connectivity index (χ4v) is 2.32. The van der Waals surface area contributed by atoms with Gasteiger partial charge in [0.2, 0.25) is 17.6 Å². The van der Waals surface area contributed by atoms with E-state index in [1.807, 2.05) is 58.0 Å². The van der Waals surface area contributed by atoms with Gasteiger partial charge in [0.25, 0.3) is 0 Å². The summed E-state index contributed by atoms with van der Waals surface area (Å²) in [6.45, 7) is 9.82. The van der Waals surface area contributed by atoms with Gasteiger partial charge in [0.1, 0.15) is 0 Å². The Balaban J connectivity index is 1.87. The third-order valence-electron chi connectivity index (χ3n) is 3.47. The van der Waals surface area contributed by atoms with Crippen LogP contribution in [0.5, 0.6) is 0 Å². The molecule has 6 heteroatoms. The maximum Gasteiger partial charge on any atom is 0.234 e. The van der Waals surface area contributed by atoms with Crippen molar-refractivity contribution in [2.75, 3.05) is 19.6 Å². The van der Waals surface area contributed by atoms with Crippen molar-refractivity contribution >= 4 is 5.91 Å². The number of nitrogens with zero attached hydrogens (tertiary/aromatic N) is 3. The van der Waals surface area contributed by atoms with E-state index < -0.39 is 0 Å². The highest BCUT2D eigenvalue weighted by molar-refractivity contribution is 5.78. The Morgan fingerprint density at radius 1 is 1.25 bits per heavy atom. The van der Waals surface area contributed by atoms with Crippen LogP contribution in [-0.4, -0.2) is 46.1 Å². The van der Waals surface area contributed by atoms with Crippen LogP contribution in [0, 0.1) is 0 Å². The van der Waals surface area contributed by atoms with Crippen LogP contribution < -0.4 is 5.32 Å². The van der Waals surface area contributed by atoms with E-state index in [1.54, 1.807) is 0 Å². The van der Waals surface area contributed by atoms with Crippen LogP contribution in [0.25, 0.3) is 11.4 Å². The van der Waals surface area contributed by atoms with E-state index in [4.69, 9.17) is 4.52 Å². The highest BCUT2D eigenvalue weighted by Crippen LogP contribution is 2.15. The predicted molar refractivity (Wildman–Crippen MR) is 93.4 cm³/mol. The molecule has 2 rings (SSSR count). The van der Waals surface area contributed by atoms with Crippen LogP contribution in [0.15, 0.2) is 34.9 Å². The molecule has 0 atom stereocenters. The molecule has 0 radical (unpaired) electrons. The summed E-state index contributed by atoms with van der Waals surface area (Å²) < 4.78 is 5.31. The van der Waals surface area contributed by atoms with E-state index in [-0.39, 0.29) is 11.4 Å². The molecule has 2 aromatic rings. The van der Waals surface area contributed by atoms with Gasteiger partial charge >= 0.3 is 0 Å². The maximum atomic E-state index is 12.0. The molecule has 0 saturated carbocycles. The van der Waals surface area contributed by atoms with Gasteiger partial charge in [-0.15, -0.1) is 0 Å².